The highest BCUT2D eigenvalue weighted by Crippen LogP contribution is 2.10. The van der Waals surface area contributed by atoms with Crippen molar-refractivity contribution in [1.29, 1.82) is 0 Å². The Morgan fingerprint density at radius 2 is 1.80 bits per heavy atom. The number of nitrogens with one attached hydrogen (secondary N) is 1. The second-order valence-electron chi connectivity index (χ2n) is 5.37. The summed E-state index contributed by atoms with van der Waals surface area (Å²) in [5.41, 5.74) is 0. The molecule has 0 bridgehead atoms. The van der Waals surface area contributed by atoms with E-state index in [1.165, 1.54) is 0 Å². The van der Waals surface area contributed by atoms with Gasteiger partial charge in [-0.2, -0.15) is 0 Å². The molecule has 0 aliphatic carbocycles. The summed E-state index contributed by atoms with van der Waals surface area (Å²) in [5, 5.41) is 12.0. The summed E-state index contributed by atoms with van der Waals surface area (Å²) < 4.78 is 5.26. The second-order valence-corrected chi connectivity index (χ2v) is 5.37. The Hall–Kier alpha value is -1.34. The molecule has 0 aromatic rings. The normalized spacial score (nSPS) is 23.4. The van der Waals surface area contributed by atoms with Crippen molar-refractivity contribution in [3.63, 3.8) is 0 Å². The first-order chi connectivity index (χ1) is 9.58. The lowest BCUT2D eigenvalue weighted by Gasteiger charge is -2.37. The lowest BCUT2D eigenvalue weighted by molar-refractivity contribution is -0.143. The molecule has 0 saturated carbocycles. The number of carbonyl (C=O) groups excluding carboxylic acids is 1. The van der Waals surface area contributed by atoms with Crippen molar-refractivity contribution in [3.05, 3.63) is 0 Å². The van der Waals surface area contributed by atoms with Gasteiger partial charge in [-0.3, -0.25) is 9.69 Å². The molecule has 2 saturated heterocycles. The Labute approximate surface area is 118 Å². The summed E-state index contributed by atoms with van der Waals surface area (Å²) >= 11 is 0. The predicted molar refractivity (Wildman–Crippen MR) is 72.6 cm³/mol. The molecule has 2 heterocycles. The molecule has 2 amide bonds. The van der Waals surface area contributed by atoms with Gasteiger partial charge in [0.25, 0.3) is 0 Å². The molecule has 0 aromatic heterocycles. The van der Waals surface area contributed by atoms with Gasteiger partial charge in [0, 0.05) is 45.4 Å². The molecule has 114 valence electrons. The Morgan fingerprint density at radius 3 is 2.35 bits per heavy atom. The van der Waals surface area contributed by atoms with Gasteiger partial charge in [-0.05, 0) is 19.8 Å². The van der Waals surface area contributed by atoms with Gasteiger partial charge in [-0.1, -0.05) is 0 Å². The van der Waals surface area contributed by atoms with Gasteiger partial charge >= 0.3 is 12.0 Å². The van der Waals surface area contributed by atoms with Crippen LogP contribution in [-0.2, 0) is 9.53 Å². The minimum atomic E-state index is -0.815. The first-order valence-electron chi connectivity index (χ1n) is 7.18. The van der Waals surface area contributed by atoms with Crippen LogP contribution in [0, 0.1) is 0 Å². The average molecular weight is 285 g/mol. The van der Waals surface area contributed by atoms with E-state index in [0.29, 0.717) is 39.4 Å². The number of piperazine rings is 1. The number of amides is 2. The number of aliphatic carboxylic acids is 1. The van der Waals surface area contributed by atoms with Gasteiger partial charge in [-0.25, -0.2) is 4.79 Å². The predicted octanol–water partition coefficient (Wildman–Crippen LogP) is -0.0343. The molecule has 0 aromatic carbocycles. The van der Waals surface area contributed by atoms with Crippen molar-refractivity contribution >= 4 is 12.0 Å². The Kier molecular flexibility index (Phi) is 5.19. The molecular weight excluding hydrogens is 262 g/mol. The van der Waals surface area contributed by atoms with Crippen LogP contribution in [0.25, 0.3) is 0 Å². The van der Waals surface area contributed by atoms with E-state index in [2.05, 4.69) is 5.32 Å². The third-order valence-electron chi connectivity index (χ3n) is 4.06. The zero-order chi connectivity index (χ0) is 14.5. The minimum absolute atomic E-state index is 0.0421. The zero-order valence-electron chi connectivity index (χ0n) is 11.9. The molecule has 7 heteroatoms. The number of ether oxygens (including phenoxy) is 1. The molecule has 2 aliphatic rings. The summed E-state index contributed by atoms with van der Waals surface area (Å²) in [7, 11) is 0. The van der Waals surface area contributed by atoms with E-state index >= 15 is 0 Å². The fraction of sp³-hybridized carbons (Fsp3) is 0.846. The van der Waals surface area contributed by atoms with Crippen molar-refractivity contribution in [3.8, 4) is 0 Å². The van der Waals surface area contributed by atoms with Gasteiger partial charge in [0.15, 0.2) is 0 Å². The highest BCUT2D eigenvalue weighted by molar-refractivity contribution is 5.75. The highest BCUT2D eigenvalue weighted by Gasteiger charge is 2.28. The largest absolute Gasteiger partial charge is 0.480 e. The highest BCUT2D eigenvalue weighted by atomic mass is 16.5. The number of hydrogen-bond acceptors (Lipinski definition) is 4. The Morgan fingerprint density at radius 1 is 1.20 bits per heavy atom. The van der Waals surface area contributed by atoms with E-state index in [9.17, 15) is 9.59 Å². The van der Waals surface area contributed by atoms with Gasteiger partial charge < -0.3 is 20.1 Å². The fourth-order valence-corrected chi connectivity index (χ4v) is 2.58. The summed E-state index contributed by atoms with van der Waals surface area (Å²) in [6, 6.07) is -0.331. The van der Waals surface area contributed by atoms with Crippen LogP contribution < -0.4 is 5.32 Å². The second kappa shape index (κ2) is 6.90. The van der Waals surface area contributed by atoms with Gasteiger partial charge in [0.1, 0.15) is 6.04 Å². The summed E-state index contributed by atoms with van der Waals surface area (Å²) in [6.45, 7) is 5.45. The average Bonchev–Trinajstić information content (AvgIpc) is 2.47. The maximum absolute atomic E-state index is 12.1. The number of carbonyl (C=O) groups is 2. The monoisotopic (exact) mass is 285 g/mol. The molecular formula is C13H23N3O4. The molecule has 2 aliphatic heterocycles. The molecule has 2 rings (SSSR count). The number of nitrogens with zero attached hydrogens (tertiary/aromatic N) is 2. The first kappa shape index (κ1) is 15.1. The van der Waals surface area contributed by atoms with Crippen molar-refractivity contribution in [2.24, 2.45) is 0 Å². The van der Waals surface area contributed by atoms with E-state index in [1.807, 2.05) is 4.90 Å². The number of hydrogen-bond donors (Lipinski definition) is 2. The molecule has 0 spiro atoms. The van der Waals surface area contributed by atoms with Crippen LogP contribution in [0.3, 0.4) is 0 Å². The molecule has 2 fully saturated rings. The smallest absolute Gasteiger partial charge is 0.320 e. The molecule has 1 unspecified atom stereocenters. The van der Waals surface area contributed by atoms with Crippen molar-refractivity contribution in [1.82, 2.24) is 15.1 Å². The number of carboxylic acid groups (broad SMARTS) is 1. The zero-order valence-corrected chi connectivity index (χ0v) is 11.9. The van der Waals surface area contributed by atoms with E-state index in [-0.39, 0.29) is 12.1 Å². The van der Waals surface area contributed by atoms with Crippen LogP contribution in [0.1, 0.15) is 19.8 Å². The fourth-order valence-electron chi connectivity index (χ4n) is 2.58. The topological polar surface area (TPSA) is 82.1 Å². The van der Waals surface area contributed by atoms with E-state index in [0.717, 1.165) is 12.8 Å². The number of carboxylic acids is 1. The minimum Gasteiger partial charge on any atom is -0.480 e. The molecule has 0 radical (unpaired) electrons. The molecule has 20 heavy (non-hydrogen) atoms. The van der Waals surface area contributed by atoms with Crippen LogP contribution in [0.15, 0.2) is 0 Å². The van der Waals surface area contributed by atoms with Gasteiger partial charge in [-0.15, -0.1) is 0 Å². The summed E-state index contributed by atoms with van der Waals surface area (Å²) in [5.74, 6) is -0.815. The van der Waals surface area contributed by atoms with E-state index < -0.39 is 12.0 Å². The standard InChI is InChI=1S/C13H23N3O4/c1-10(12(17)18)15-4-6-16(7-5-15)13(19)14-11-2-8-20-9-3-11/h10-11H,2-9H2,1H3,(H,14,19)(H,17,18). The summed E-state index contributed by atoms with van der Waals surface area (Å²) in [6.07, 6.45) is 1.73. The SMILES string of the molecule is CC(C(=O)O)N1CCN(C(=O)NC2CCOCC2)CC1. The quantitative estimate of drug-likeness (QED) is 0.761. The molecule has 1 atom stereocenters. The lowest BCUT2D eigenvalue weighted by Crippen LogP contribution is -2.56. The van der Waals surface area contributed by atoms with Crippen LogP contribution in [0.2, 0.25) is 0 Å². The van der Waals surface area contributed by atoms with E-state index in [4.69, 9.17) is 9.84 Å². The van der Waals surface area contributed by atoms with Crippen molar-refractivity contribution in [2.75, 3.05) is 39.4 Å². The molecule has 7 nitrogen and oxygen atoms in total. The van der Waals surface area contributed by atoms with E-state index in [1.54, 1.807) is 11.8 Å². The number of urea groups is 1. The third-order valence-corrected chi connectivity index (χ3v) is 4.06. The van der Waals surface area contributed by atoms with Crippen LogP contribution >= 0.6 is 0 Å². The lowest BCUT2D eigenvalue weighted by atomic mass is 10.1. The third kappa shape index (κ3) is 3.83. The summed E-state index contributed by atoms with van der Waals surface area (Å²) in [4.78, 5) is 26.7. The Balaban J connectivity index is 1.75. The first-order valence-corrected chi connectivity index (χ1v) is 7.18. The van der Waals surface area contributed by atoms with Crippen LogP contribution in [0.5, 0.6) is 0 Å². The maximum Gasteiger partial charge on any atom is 0.320 e. The van der Waals surface area contributed by atoms with Crippen molar-refractivity contribution < 1.29 is 19.4 Å². The van der Waals surface area contributed by atoms with Crippen LogP contribution in [-0.4, -0.2) is 78.4 Å². The van der Waals surface area contributed by atoms with Gasteiger partial charge in [0.05, 0.1) is 0 Å². The number of rotatable bonds is 3. The van der Waals surface area contributed by atoms with Gasteiger partial charge in [0.2, 0.25) is 0 Å². The molecule has 2 N–H and O–H groups in total. The maximum atomic E-state index is 12.1. The Bertz CT molecular complexity index is 350. The van der Waals surface area contributed by atoms with Crippen molar-refractivity contribution in [2.45, 2.75) is 31.8 Å². The van der Waals surface area contributed by atoms with Crippen LogP contribution in [0.4, 0.5) is 4.79 Å².